The van der Waals surface area contributed by atoms with Crippen molar-refractivity contribution in [1.29, 1.82) is 0 Å². The molecule has 0 aromatic heterocycles. The molecule has 0 radical (unpaired) electrons. The van der Waals surface area contributed by atoms with Gasteiger partial charge in [-0.05, 0) is 25.8 Å². The third-order valence-corrected chi connectivity index (χ3v) is 3.55. The fraction of sp³-hybridized carbons (Fsp3) is 0.588. The van der Waals surface area contributed by atoms with Gasteiger partial charge in [0.2, 0.25) is 5.91 Å². The second-order valence-corrected chi connectivity index (χ2v) is 6.11. The van der Waals surface area contributed by atoms with E-state index < -0.39 is 5.79 Å². The summed E-state index contributed by atoms with van der Waals surface area (Å²) in [6.45, 7) is 4.92. The molecule has 1 aromatic carbocycles. The number of hydrogen-bond acceptors (Lipinski definition) is 4. The number of hydrogen-bond donors (Lipinski definition) is 1. The lowest BCUT2D eigenvalue weighted by molar-refractivity contribution is -0.300. The Balaban J connectivity index is 1.75. The fourth-order valence-corrected chi connectivity index (χ4v) is 2.73. The molecule has 5 nitrogen and oxygen atoms in total. The molecule has 0 spiro atoms. The maximum Gasteiger partial charge on any atom is 0.220 e. The lowest BCUT2D eigenvalue weighted by Gasteiger charge is -2.40. The van der Waals surface area contributed by atoms with Gasteiger partial charge in [-0.1, -0.05) is 30.3 Å². The molecular weight excluding hydrogens is 282 g/mol. The van der Waals surface area contributed by atoms with Gasteiger partial charge in [0.05, 0.1) is 25.2 Å². The predicted molar refractivity (Wildman–Crippen MR) is 83.0 cm³/mol. The maximum atomic E-state index is 11.1. The van der Waals surface area contributed by atoms with Crippen molar-refractivity contribution in [3.05, 3.63) is 35.9 Å². The number of carbonyl (C=O) groups excluding carboxylic acids is 1. The van der Waals surface area contributed by atoms with E-state index in [0.717, 1.165) is 12.0 Å². The van der Waals surface area contributed by atoms with Crippen LogP contribution in [0.3, 0.4) is 0 Å². The number of ether oxygens (including phenoxy) is 3. The zero-order chi connectivity index (χ0) is 16.0. The average Bonchev–Trinajstić information content (AvgIpc) is 2.42. The molecule has 0 aliphatic carbocycles. The van der Waals surface area contributed by atoms with Gasteiger partial charge in [-0.3, -0.25) is 4.79 Å². The molecule has 1 saturated heterocycles. The Morgan fingerprint density at radius 3 is 2.64 bits per heavy atom. The Kier molecular flexibility index (Phi) is 5.94. The fourth-order valence-electron chi connectivity index (χ4n) is 2.73. The summed E-state index contributed by atoms with van der Waals surface area (Å²) in [6, 6.07) is 10.1. The van der Waals surface area contributed by atoms with Crippen LogP contribution in [0.5, 0.6) is 0 Å². The minimum absolute atomic E-state index is 0.0175. The second kappa shape index (κ2) is 7.72. The highest BCUT2D eigenvalue weighted by molar-refractivity contribution is 5.74. The molecule has 1 amide bonds. The molecule has 5 heteroatoms. The first-order valence-electron chi connectivity index (χ1n) is 7.70. The topological polar surface area (TPSA) is 70.8 Å². The number of benzene rings is 1. The predicted octanol–water partition coefficient (Wildman–Crippen LogP) is 2.38. The lowest BCUT2D eigenvalue weighted by Crippen LogP contribution is -2.46. The zero-order valence-electron chi connectivity index (χ0n) is 13.3. The van der Waals surface area contributed by atoms with Crippen LogP contribution >= 0.6 is 0 Å². The summed E-state index contributed by atoms with van der Waals surface area (Å²) in [5, 5.41) is 0. The van der Waals surface area contributed by atoms with E-state index in [1.807, 2.05) is 44.2 Å². The van der Waals surface area contributed by atoms with Crippen LogP contribution in [-0.4, -0.2) is 30.5 Å². The van der Waals surface area contributed by atoms with Crippen molar-refractivity contribution < 1.29 is 19.0 Å². The lowest BCUT2D eigenvalue weighted by atomic mass is 10.0. The quantitative estimate of drug-likeness (QED) is 0.785. The smallest absolute Gasteiger partial charge is 0.220 e. The summed E-state index contributed by atoms with van der Waals surface area (Å²) < 4.78 is 17.3. The highest BCUT2D eigenvalue weighted by Crippen LogP contribution is 2.29. The molecule has 2 N–H and O–H groups in total. The molecule has 1 fully saturated rings. The molecule has 122 valence electrons. The van der Waals surface area contributed by atoms with E-state index in [2.05, 4.69) is 0 Å². The monoisotopic (exact) mass is 307 g/mol. The molecule has 22 heavy (non-hydrogen) atoms. The Morgan fingerprint density at radius 2 is 1.95 bits per heavy atom. The van der Waals surface area contributed by atoms with Crippen LogP contribution in [0.25, 0.3) is 0 Å². The maximum absolute atomic E-state index is 11.1. The molecule has 0 unspecified atom stereocenters. The first kappa shape index (κ1) is 16.9. The zero-order valence-corrected chi connectivity index (χ0v) is 13.3. The van der Waals surface area contributed by atoms with E-state index in [1.54, 1.807) is 0 Å². The van der Waals surface area contributed by atoms with Crippen LogP contribution in [0.2, 0.25) is 0 Å². The minimum atomic E-state index is -0.692. The van der Waals surface area contributed by atoms with Gasteiger partial charge in [-0.2, -0.15) is 0 Å². The third-order valence-electron chi connectivity index (χ3n) is 3.55. The molecule has 1 heterocycles. The van der Waals surface area contributed by atoms with Crippen molar-refractivity contribution in [2.45, 2.75) is 57.7 Å². The van der Waals surface area contributed by atoms with E-state index in [-0.39, 0.29) is 24.5 Å². The van der Waals surface area contributed by atoms with Crippen molar-refractivity contribution in [2.75, 3.05) is 6.61 Å². The summed E-state index contributed by atoms with van der Waals surface area (Å²) in [4.78, 5) is 11.1. The van der Waals surface area contributed by atoms with Gasteiger partial charge in [-0.15, -0.1) is 0 Å². The number of primary amides is 1. The van der Waals surface area contributed by atoms with E-state index in [4.69, 9.17) is 19.9 Å². The first-order chi connectivity index (χ1) is 10.4. The molecule has 1 aliphatic rings. The molecule has 1 aromatic rings. The number of carbonyl (C=O) groups is 1. The van der Waals surface area contributed by atoms with Crippen molar-refractivity contribution in [1.82, 2.24) is 0 Å². The van der Waals surface area contributed by atoms with Crippen LogP contribution in [0.4, 0.5) is 0 Å². The molecule has 0 saturated carbocycles. The van der Waals surface area contributed by atoms with Gasteiger partial charge in [0.25, 0.3) is 0 Å². The Morgan fingerprint density at radius 1 is 1.27 bits per heavy atom. The number of rotatable bonds is 7. The van der Waals surface area contributed by atoms with Crippen LogP contribution < -0.4 is 5.73 Å². The average molecular weight is 307 g/mol. The number of amides is 1. The molecule has 1 aliphatic heterocycles. The largest absolute Gasteiger partial charge is 0.377 e. The standard InChI is InChI=1S/C17H25NO4/c1-17(2)21-14(10-15(22-17)11-16(18)19)8-9-20-12-13-6-4-3-5-7-13/h3-7,14-15H,8-12H2,1-2H3,(H2,18,19)/t14-,15-/m0/s1. The minimum Gasteiger partial charge on any atom is -0.377 e. The Labute approximate surface area is 131 Å². The van der Waals surface area contributed by atoms with Crippen LogP contribution in [0.1, 0.15) is 38.7 Å². The van der Waals surface area contributed by atoms with Gasteiger partial charge in [0, 0.05) is 13.0 Å². The molecular formula is C17H25NO4. The molecule has 2 atom stereocenters. The summed E-state index contributed by atoms with van der Waals surface area (Å²) in [5.41, 5.74) is 6.41. The van der Waals surface area contributed by atoms with Gasteiger partial charge >= 0.3 is 0 Å². The molecule has 2 rings (SSSR count). The number of nitrogens with two attached hydrogens (primary N) is 1. The SMILES string of the molecule is CC1(C)O[C@H](CC(N)=O)C[C@H](CCOCc2ccccc2)O1. The summed E-state index contributed by atoms with van der Waals surface area (Å²) in [6.07, 6.45) is 1.51. The van der Waals surface area contributed by atoms with Gasteiger partial charge in [0.15, 0.2) is 5.79 Å². The van der Waals surface area contributed by atoms with Crippen LogP contribution in [-0.2, 0) is 25.6 Å². The second-order valence-electron chi connectivity index (χ2n) is 6.11. The Bertz CT molecular complexity index is 475. The summed E-state index contributed by atoms with van der Waals surface area (Å²) in [5.74, 6) is -1.04. The highest BCUT2D eigenvalue weighted by Gasteiger charge is 2.35. The van der Waals surface area contributed by atoms with E-state index in [0.29, 0.717) is 19.6 Å². The van der Waals surface area contributed by atoms with E-state index >= 15 is 0 Å². The van der Waals surface area contributed by atoms with E-state index in [1.165, 1.54) is 0 Å². The Hall–Kier alpha value is -1.43. The first-order valence-corrected chi connectivity index (χ1v) is 7.70. The molecule has 0 bridgehead atoms. The van der Waals surface area contributed by atoms with Crippen molar-refractivity contribution >= 4 is 5.91 Å². The normalized spacial score (nSPS) is 24.1. The summed E-state index contributed by atoms with van der Waals surface area (Å²) in [7, 11) is 0. The highest BCUT2D eigenvalue weighted by atomic mass is 16.7. The van der Waals surface area contributed by atoms with Gasteiger partial charge in [0.1, 0.15) is 0 Å². The van der Waals surface area contributed by atoms with Crippen LogP contribution in [0.15, 0.2) is 30.3 Å². The third kappa shape index (κ3) is 5.75. The van der Waals surface area contributed by atoms with E-state index in [9.17, 15) is 4.79 Å². The van der Waals surface area contributed by atoms with Gasteiger partial charge < -0.3 is 19.9 Å². The van der Waals surface area contributed by atoms with Gasteiger partial charge in [-0.25, -0.2) is 0 Å². The van der Waals surface area contributed by atoms with Crippen molar-refractivity contribution in [3.8, 4) is 0 Å². The van der Waals surface area contributed by atoms with Crippen molar-refractivity contribution in [3.63, 3.8) is 0 Å². The summed E-state index contributed by atoms with van der Waals surface area (Å²) >= 11 is 0. The van der Waals surface area contributed by atoms with Crippen LogP contribution in [0, 0.1) is 0 Å². The van der Waals surface area contributed by atoms with Crippen molar-refractivity contribution in [2.24, 2.45) is 5.73 Å².